The third kappa shape index (κ3) is 7.98. The van der Waals surface area contributed by atoms with Gasteiger partial charge in [0.2, 0.25) is 17.7 Å². The summed E-state index contributed by atoms with van der Waals surface area (Å²) in [6.45, 7) is 4.54. The van der Waals surface area contributed by atoms with E-state index in [9.17, 15) is 19.2 Å². The van der Waals surface area contributed by atoms with Crippen molar-refractivity contribution in [3.05, 3.63) is 60.2 Å². The molecule has 4 N–H and O–H groups in total. The quantitative estimate of drug-likeness (QED) is 0.365. The molecule has 8 nitrogen and oxygen atoms in total. The van der Waals surface area contributed by atoms with Gasteiger partial charge in [-0.2, -0.15) is 0 Å². The number of aliphatic carboxylic acids is 1. The average Bonchev–Trinajstić information content (AvgIpc) is 2.70. The number of carboxylic acids is 1. The van der Waals surface area contributed by atoms with E-state index in [4.69, 9.17) is 5.11 Å². The molecular formula is C22H23N3O5S. The average molecular weight is 442 g/mol. The summed E-state index contributed by atoms with van der Waals surface area (Å²) in [6, 6.07) is 13.7. The van der Waals surface area contributed by atoms with Crippen LogP contribution in [0.25, 0.3) is 0 Å². The first-order valence-corrected chi connectivity index (χ1v) is 10.2. The van der Waals surface area contributed by atoms with Gasteiger partial charge < -0.3 is 21.1 Å². The number of rotatable bonds is 8. The predicted molar refractivity (Wildman–Crippen MR) is 121 cm³/mol. The Kier molecular flexibility index (Phi) is 8.39. The second-order valence-corrected chi connectivity index (χ2v) is 8.07. The number of carbonyl (C=O) groups excluding carboxylic acids is 3. The van der Waals surface area contributed by atoms with Crippen molar-refractivity contribution in [1.82, 2.24) is 0 Å². The van der Waals surface area contributed by atoms with E-state index in [-0.39, 0.29) is 22.6 Å². The fourth-order valence-electron chi connectivity index (χ4n) is 2.40. The maximum absolute atomic E-state index is 12.4. The molecule has 0 fully saturated rings. The number of anilines is 3. The Balaban J connectivity index is 1.90. The van der Waals surface area contributed by atoms with Crippen LogP contribution >= 0.6 is 11.8 Å². The molecule has 31 heavy (non-hydrogen) atoms. The maximum Gasteiger partial charge on any atom is 0.331 e. The summed E-state index contributed by atoms with van der Waals surface area (Å²) in [5.41, 5.74) is 1.72. The third-order valence-corrected chi connectivity index (χ3v) is 5.07. The summed E-state index contributed by atoms with van der Waals surface area (Å²) < 4.78 is 0. The van der Waals surface area contributed by atoms with Gasteiger partial charge in [-0.15, -0.1) is 11.8 Å². The number of thioether (sulfide) groups is 1. The molecule has 0 radical (unpaired) electrons. The van der Waals surface area contributed by atoms with E-state index in [1.165, 1.54) is 25.6 Å². The van der Waals surface area contributed by atoms with Crippen LogP contribution in [-0.4, -0.2) is 34.0 Å². The van der Waals surface area contributed by atoms with Gasteiger partial charge in [0.1, 0.15) is 0 Å². The molecule has 0 spiro atoms. The number of carbonyl (C=O) groups is 4. The van der Waals surface area contributed by atoms with E-state index in [0.717, 1.165) is 11.0 Å². The monoisotopic (exact) mass is 441 g/mol. The first-order valence-electron chi connectivity index (χ1n) is 9.32. The van der Waals surface area contributed by atoms with Crippen molar-refractivity contribution < 1.29 is 24.3 Å². The number of benzene rings is 2. The van der Waals surface area contributed by atoms with Crippen molar-refractivity contribution in [2.75, 3.05) is 16.0 Å². The molecule has 0 heterocycles. The molecule has 0 aliphatic carbocycles. The highest BCUT2D eigenvalue weighted by Crippen LogP contribution is 2.26. The Hall–Kier alpha value is -3.59. The maximum atomic E-state index is 12.4. The van der Waals surface area contributed by atoms with Crippen LogP contribution in [0.3, 0.4) is 0 Å². The molecule has 0 saturated carbocycles. The van der Waals surface area contributed by atoms with Crippen molar-refractivity contribution in [1.29, 1.82) is 0 Å². The largest absolute Gasteiger partial charge is 0.478 e. The lowest BCUT2D eigenvalue weighted by Crippen LogP contribution is -2.22. The molecule has 1 atom stereocenters. The van der Waals surface area contributed by atoms with Crippen LogP contribution in [0.4, 0.5) is 17.1 Å². The van der Waals surface area contributed by atoms with Gasteiger partial charge in [-0.05, 0) is 62.4 Å². The molecule has 0 unspecified atom stereocenters. The van der Waals surface area contributed by atoms with Crippen LogP contribution in [0.5, 0.6) is 0 Å². The Morgan fingerprint density at radius 2 is 1.32 bits per heavy atom. The molecule has 2 rings (SSSR count). The standard InChI is InChI=1S/C22H23N3O5S/c1-13(22(29)30)12-20(27)24-17-8-10-19(11-9-17)31-14(2)21(28)25-18-6-4-16(5-7-18)23-15(3)26/h4-12,14H,1-3H3,(H,23,26)(H,24,27)(H,25,28)(H,29,30)/b13-12+/t14-/m0/s1. The number of hydrogen-bond acceptors (Lipinski definition) is 5. The van der Waals surface area contributed by atoms with Crippen LogP contribution in [0.15, 0.2) is 65.1 Å². The summed E-state index contributed by atoms with van der Waals surface area (Å²) in [7, 11) is 0. The smallest absolute Gasteiger partial charge is 0.331 e. The minimum atomic E-state index is -1.15. The van der Waals surface area contributed by atoms with Gasteiger partial charge in [0, 0.05) is 40.5 Å². The summed E-state index contributed by atoms with van der Waals surface area (Å²) in [5, 5.41) is 16.5. The van der Waals surface area contributed by atoms with E-state index in [0.29, 0.717) is 17.1 Å². The summed E-state index contributed by atoms with van der Waals surface area (Å²) in [4.78, 5) is 46.9. The molecule has 0 saturated heterocycles. The fraction of sp³-hybridized carbons (Fsp3) is 0.182. The van der Waals surface area contributed by atoms with Crippen LogP contribution in [-0.2, 0) is 19.2 Å². The molecule has 162 valence electrons. The number of amides is 3. The van der Waals surface area contributed by atoms with Gasteiger partial charge in [-0.1, -0.05) is 0 Å². The summed E-state index contributed by atoms with van der Waals surface area (Å²) in [6.07, 6.45) is 1.01. The SMILES string of the molecule is CC(=O)Nc1ccc(NC(=O)[C@H](C)Sc2ccc(NC(=O)/C=C(\C)C(=O)O)cc2)cc1. The van der Waals surface area contributed by atoms with E-state index in [1.54, 1.807) is 55.5 Å². The number of carboxylic acid groups (broad SMARTS) is 1. The first-order chi connectivity index (χ1) is 14.6. The predicted octanol–water partition coefficient (Wildman–Crippen LogP) is 3.73. The summed E-state index contributed by atoms with van der Waals surface area (Å²) >= 11 is 1.35. The zero-order chi connectivity index (χ0) is 23.0. The van der Waals surface area contributed by atoms with E-state index in [1.807, 2.05) is 0 Å². The van der Waals surface area contributed by atoms with Gasteiger partial charge in [-0.25, -0.2) is 4.79 Å². The second kappa shape index (κ2) is 11.0. The van der Waals surface area contributed by atoms with E-state index >= 15 is 0 Å². The summed E-state index contributed by atoms with van der Waals surface area (Å²) in [5.74, 6) is -2.03. The molecule has 0 aromatic heterocycles. The minimum absolute atomic E-state index is 0.0609. The molecule has 0 aliphatic heterocycles. The molecule has 3 amide bonds. The Morgan fingerprint density at radius 3 is 1.84 bits per heavy atom. The molecular weight excluding hydrogens is 418 g/mol. The topological polar surface area (TPSA) is 125 Å². The molecule has 0 bridgehead atoms. The van der Waals surface area contributed by atoms with Crippen LogP contribution < -0.4 is 16.0 Å². The normalized spacial score (nSPS) is 11.9. The van der Waals surface area contributed by atoms with Crippen molar-refractivity contribution in [3.63, 3.8) is 0 Å². The lowest BCUT2D eigenvalue weighted by molar-refractivity contribution is -0.132. The fourth-order valence-corrected chi connectivity index (χ4v) is 3.26. The Bertz CT molecular complexity index is 1000. The van der Waals surface area contributed by atoms with Crippen molar-refractivity contribution in [2.24, 2.45) is 0 Å². The Morgan fingerprint density at radius 1 is 0.839 bits per heavy atom. The second-order valence-electron chi connectivity index (χ2n) is 6.65. The minimum Gasteiger partial charge on any atom is -0.478 e. The van der Waals surface area contributed by atoms with Crippen LogP contribution in [0.1, 0.15) is 20.8 Å². The van der Waals surface area contributed by atoms with E-state index in [2.05, 4.69) is 16.0 Å². The van der Waals surface area contributed by atoms with Crippen molar-refractivity contribution in [2.45, 2.75) is 30.9 Å². The van der Waals surface area contributed by atoms with Gasteiger partial charge >= 0.3 is 5.97 Å². The lowest BCUT2D eigenvalue weighted by Gasteiger charge is -2.13. The first kappa shape index (κ1) is 23.7. The van der Waals surface area contributed by atoms with Gasteiger partial charge in [-0.3, -0.25) is 14.4 Å². The molecule has 2 aromatic carbocycles. The highest BCUT2D eigenvalue weighted by Gasteiger charge is 2.15. The van der Waals surface area contributed by atoms with Crippen LogP contribution in [0, 0.1) is 0 Å². The van der Waals surface area contributed by atoms with Crippen LogP contribution in [0.2, 0.25) is 0 Å². The van der Waals surface area contributed by atoms with Gasteiger partial charge in [0.25, 0.3) is 0 Å². The van der Waals surface area contributed by atoms with E-state index < -0.39 is 11.9 Å². The van der Waals surface area contributed by atoms with Gasteiger partial charge in [0.15, 0.2) is 0 Å². The zero-order valence-corrected chi connectivity index (χ0v) is 18.1. The lowest BCUT2D eigenvalue weighted by atomic mass is 10.2. The molecule has 2 aromatic rings. The van der Waals surface area contributed by atoms with Gasteiger partial charge in [0.05, 0.1) is 5.25 Å². The third-order valence-electron chi connectivity index (χ3n) is 3.96. The highest BCUT2D eigenvalue weighted by atomic mass is 32.2. The molecule has 9 heteroatoms. The highest BCUT2D eigenvalue weighted by molar-refractivity contribution is 8.00. The van der Waals surface area contributed by atoms with Crippen molar-refractivity contribution in [3.8, 4) is 0 Å². The van der Waals surface area contributed by atoms with Crippen molar-refractivity contribution >= 4 is 52.5 Å². The molecule has 0 aliphatic rings. The Labute approximate surface area is 184 Å². The zero-order valence-electron chi connectivity index (χ0n) is 17.3. The number of hydrogen-bond donors (Lipinski definition) is 4. The number of nitrogens with one attached hydrogen (secondary N) is 3.